The highest BCUT2D eigenvalue weighted by molar-refractivity contribution is 5.85. The smallest absolute Gasteiger partial charge is 0.354 e. The van der Waals surface area contributed by atoms with E-state index in [0.717, 1.165) is 5.56 Å². The molecule has 0 fully saturated rings. The van der Waals surface area contributed by atoms with Gasteiger partial charge in [-0.15, -0.1) is 0 Å². The first-order valence-corrected chi connectivity index (χ1v) is 5.06. The molecule has 0 atom stereocenters. The molecule has 84 valence electrons. The van der Waals surface area contributed by atoms with Gasteiger partial charge in [0.05, 0.1) is 0 Å². The maximum atomic E-state index is 10.8. The van der Waals surface area contributed by atoms with Crippen LogP contribution in [0, 0.1) is 11.8 Å². The van der Waals surface area contributed by atoms with Crippen molar-refractivity contribution in [3.63, 3.8) is 0 Å². The van der Waals surface area contributed by atoms with Crippen LogP contribution < -0.4 is 0 Å². The van der Waals surface area contributed by atoms with Crippen molar-refractivity contribution in [3.05, 3.63) is 53.9 Å². The normalized spacial score (nSPS) is 9.41. The number of aromatic nitrogens is 2. The third-order valence-electron chi connectivity index (χ3n) is 2.17. The highest BCUT2D eigenvalue weighted by Crippen LogP contribution is 1.98. The van der Waals surface area contributed by atoms with Gasteiger partial charge in [-0.2, -0.15) is 5.10 Å². The van der Waals surface area contributed by atoms with Gasteiger partial charge < -0.3 is 5.11 Å². The zero-order chi connectivity index (χ0) is 12.1. The van der Waals surface area contributed by atoms with Gasteiger partial charge in [0.15, 0.2) is 0 Å². The van der Waals surface area contributed by atoms with E-state index in [1.54, 1.807) is 0 Å². The lowest BCUT2D eigenvalue weighted by molar-refractivity contribution is 0.0684. The zero-order valence-corrected chi connectivity index (χ0v) is 9.00. The number of carboxylic acid groups (broad SMARTS) is 1. The number of hydrogen-bond donors (Lipinski definition) is 1. The summed E-state index contributed by atoms with van der Waals surface area (Å²) in [7, 11) is 0. The van der Waals surface area contributed by atoms with E-state index >= 15 is 0 Å². The second-order valence-corrected chi connectivity index (χ2v) is 3.35. The minimum atomic E-state index is -0.996. The Bertz CT molecular complexity index is 576. The number of carbonyl (C=O) groups is 1. The average Bonchev–Trinajstić information content (AvgIpc) is 2.79. The summed E-state index contributed by atoms with van der Waals surface area (Å²) in [6, 6.07) is 11.0. The van der Waals surface area contributed by atoms with Crippen molar-refractivity contribution in [1.29, 1.82) is 0 Å². The van der Waals surface area contributed by atoms with E-state index in [4.69, 9.17) is 5.11 Å². The van der Waals surface area contributed by atoms with E-state index in [1.807, 2.05) is 30.3 Å². The van der Waals surface area contributed by atoms with Crippen LogP contribution in [-0.2, 0) is 6.54 Å². The second-order valence-electron chi connectivity index (χ2n) is 3.35. The Morgan fingerprint density at radius 1 is 1.29 bits per heavy atom. The van der Waals surface area contributed by atoms with Gasteiger partial charge in [-0.1, -0.05) is 30.0 Å². The molecule has 4 nitrogen and oxygen atoms in total. The fourth-order valence-electron chi connectivity index (χ4n) is 1.38. The average molecular weight is 226 g/mol. The number of rotatable bonds is 2. The maximum Gasteiger partial charge on any atom is 0.354 e. The third-order valence-corrected chi connectivity index (χ3v) is 2.17. The molecule has 2 aromatic rings. The number of aromatic carboxylic acids is 1. The molecule has 0 amide bonds. The molecule has 4 heteroatoms. The molecule has 1 aromatic heterocycles. The summed E-state index contributed by atoms with van der Waals surface area (Å²) in [5, 5.41) is 12.8. The summed E-state index contributed by atoms with van der Waals surface area (Å²) in [6.07, 6.45) is 1.45. The highest BCUT2D eigenvalue weighted by atomic mass is 16.4. The fourth-order valence-corrected chi connectivity index (χ4v) is 1.38. The summed E-state index contributed by atoms with van der Waals surface area (Å²) in [5.41, 5.74) is 1.05. The third kappa shape index (κ3) is 2.73. The van der Waals surface area contributed by atoms with Gasteiger partial charge >= 0.3 is 5.97 Å². The van der Waals surface area contributed by atoms with Gasteiger partial charge in [-0.25, -0.2) is 9.48 Å². The summed E-state index contributed by atoms with van der Waals surface area (Å²) in [5.74, 6) is 4.84. The minimum Gasteiger partial charge on any atom is -0.477 e. The van der Waals surface area contributed by atoms with Crippen LogP contribution in [0.1, 0.15) is 16.1 Å². The number of hydrogen-bond acceptors (Lipinski definition) is 2. The van der Waals surface area contributed by atoms with Crippen molar-refractivity contribution >= 4 is 5.97 Å². The van der Waals surface area contributed by atoms with E-state index < -0.39 is 5.97 Å². The molecule has 0 aliphatic carbocycles. The van der Waals surface area contributed by atoms with Crippen LogP contribution in [-0.4, -0.2) is 20.9 Å². The van der Waals surface area contributed by atoms with Crippen LogP contribution in [0.15, 0.2) is 42.6 Å². The van der Waals surface area contributed by atoms with Crippen molar-refractivity contribution in [1.82, 2.24) is 9.78 Å². The quantitative estimate of drug-likeness (QED) is 0.792. The monoisotopic (exact) mass is 226 g/mol. The van der Waals surface area contributed by atoms with Crippen molar-refractivity contribution in [2.24, 2.45) is 0 Å². The molecule has 0 saturated carbocycles. The van der Waals surface area contributed by atoms with Gasteiger partial charge in [0.2, 0.25) is 0 Å². The van der Waals surface area contributed by atoms with Crippen molar-refractivity contribution in [2.75, 3.05) is 0 Å². The van der Waals surface area contributed by atoms with Crippen LogP contribution in [0.25, 0.3) is 0 Å². The number of nitrogens with zero attached hydrogens (tertiary/aromatic N) is 2. The largest absolute Gasteiger partial charge is 0.477 e. The molecule has 0 bridgehead atoms. The fraction of sp³-hybridized carbons (Fsp3) is 0.0769. The van der Waals surface area contributed by atoms with Crippen LogP contribution >= 0.6 is 0 Å². The van der Waals surface area contributed by atoms with Crippen molar-refractivity contribution < 1.29 is 9.90 Å². The van der Waals surface area contributed by atoms with Gasteiger partial charge in [0.1, 0.15) is 12.2 Å². The summed E-state index contributed by atoms with van der Waals surface area (Å²) in [4.78, 5) is 10.8. The Labute approximate surface area is 98.5 Å². The number of benzene rings is 1. The molecule has 0 aliphatic rings. The molecule has 0 aliphatic heterocycles. The number of carboxylic acids is 1. The lowest BCUT2D eigenvalue weighted by Gasteiger charge is -1.97. The lowest BCUT2D eigenvalue weighted by Crippen LogP contribution is -2.08. The van der Waals surface area contributed by atoms with E-state index in [1.165, 1.54) is 16.9 Å². The topological polar surface area (TPSA) is 55.1 Å². The molecule has 2 rings (SSSR count). The zero-order valence-electron chi connectivity index (χ0n) is 9.00. The summed E-state index contributed by atoms with van der Waals surface area (Å²) < 4.78 is 1.36. The van der Waals surface area contributed by atoms with Gasteiger partial charge in [-0.3, -0.25) is 0 Å². The Balaban J connectivity index is 2.11. The molecule has 0 radical (unpaired) electrons. The molecule has 1 N–H and O–H groups in total. The Hall–Kier alpha value is -2.54. The molecular formula is C13H10N2O2. The Morgan fingerprint density at radius 3 is 2.76 bits per heavy atom. The minimum absolute atomic E-state index is 0.146. The van der Waals surface area contributed by atoms with Crippen LogP contribution in [0.2, 0.25) is 0 Å². The highest BCUT2D eigenvalue weighted by Gasteiger charge is 2.07. The lowest BCUT2D eigenvalue weighted by atomic mass is 10.2. The molecule has 0 spiro atoms. The van der Waals surface area contributed by atoms with Crippen molar-refractivity contribution in [2.45, 2.75) is 6.54 Å². The predicted molar refractivity (Wildman–Crippen MR) is 62.5 cm³/mol. The summed E-state index contributed by atoms with van der Waals surface area (Å²) >= 11 is 0. The molecule has 0 unspecified atom stereocenters. The van der Waals surface area contributed by atoms with Crippen LogP contribution in [0.5, 0.6) is 0 Å². The van der Waals surface area contributed by atoms with Crippen LogP contribution in [0.4, 0.5) is 0 Å². The molecule has 17 heavy (non-hydrogen) atoms. The van der Waals surface area contributed by atoms with Crippen LogP contribution in [0.3, 0.4) is 0 Å². The Kier molecular flexibility index (Phi) is 3.22. The second kappa shape index (κ2) is 4.99. The SMILES string of the molecule is O=C(O)c1ccnn1CC#Cc1ccccc1. The van der Waals surface area contributed by atoms with Gasteiger partial charge in [0, 0.05) is 11.8 Å². The Morgan fingerprint density at radius 2 is 2.06 bits per heavy atom. The van der Waals surface area contributed by atoms with Gasteiger partial charge in [0.25, 0.3) is 0 Å². The van der Waals surface area contributed by atoms with E-state index in [0.29, 0.717) is 0 Å². The standard InChI is InChI=1S/C13H10N2O2/c16-13(17)12-8-9-14-15(12)10-4-7-11-5-2-1-3-6-11/h1-3,5-6,8-9H,10H2,(H,16,17). The van der Waals surface area contributed by atoms with Gasteiger partial charge in [-0.05, 0) is 18.2 Å². The van der Waals surface area contributed by atoms with E-state index in [9.17, 15) is 4.79 Å². The van der Waals surface area contributed by atoms with E-state index in [-0.39, 0.29) is 12.2 Å². The molecule has 1 aromatic carbocycles. The summed E-state index contributed by atoms with van der Waals surface area (Å²) in [6.45, 7) is 0.267. The predicted octanol–water partition coefficient (Wildman–Crippen LogP) is 1.63. The first-order chi connectivity index (χ1) is 8.27. The molecule has 0 saturated heterocycles. The molecule has 1 heterocycles. The van der Waals surface area contributed by atoms with Crippen molar-refractivity contribution in [3.8, 4) is 11.8 Å². The van der Waals surface area contributed by atoms with E-state index in [2.05, 4.69) is 16.9 Å². The first kappa shape index (κ1) is 11.0. The maximum absolute atomic E-state index is 10.8. The first-order valence-electron chi connectivity index (χ1n) is 5.06. The molecular weight excluding hydrogens is 216 g/mol.